The van der Waals surface area contributed by atoms with Crippen LogP contribution < -0.4 is 5.32 Å². The summed E-state index contributed by atoms with van der Waals surface area (Å²) in [6.45, 7) is 3.77. The zero-order valence-corrected chi connectivity index (χ0v) is 9.52. The van der Waals surface area contributed by atoms with Gasteiger partial charge in [0.15, 0.2) is 0 Å². The first-order chi connectivity index (χ1) is 6.83. The summed E-state index contributed by atoms with van der Waals surface area (Å²) in [4.78, 5) is 0. The molecule has 2 N–H and O–H groups in total. The maximum Gasteiger partial charge on any atom is 0.0664 e. The molecule has 0 aliphatic rings. The molecule has 3 heteroatoms. The summed E-state index contributed by atoms with van der Waals surface area (Å²) in [7, 11) is 0. The first-order valence-corrected chi connectivity index (χ1v) is 6.17. The average molecular weight is 213 g/mol. The Labute approximate surface area is 90.0 Å². The molecule has 1 rings (SSSR count). The van der Waals surface area contributed by atoms with E-state index in [1.54, 1.807) is 11.3 Å². The van der Waals surface area contributed by atoms with Crippen molar-refractivity contribution in [3.63, 3.8) is 0 Å². The van der Waals surface area contributed by atoms with E-state index in [0.29, 0.717) is 0 Å². The van der Waals surface area contributed by atoms with Gasteiger partial charge in [-0.25, -0.2) is 0 Å². The lowest BCUT2D eigenvalue weighted by Gasteiger charge is -2.09. The summed E-state index contributed by atoms with van der Waals surface area (Å²) in [6, 6.07) is 2.15. The Morgan fingerprint density at radius 2 is 2.43 bits per heavy atom. The molecular weight excluding hydrogens is 194 g/mol. The Morgan fingerprint density at radius 1 is 1.57 bits per heavy atom. The summed E-state index contributed by atoms with van der Waals surface area (Å²) >= 11 is 1.73. The third-order valence-corrected chi connectivity index (χ3v) is 2.90. The van der Waals surface area contributed by atoms with E-state index in [0.717, 1.165) is 32.4 Å². The van der Waals surface area contributed by atoms with Gasteiger partial charge in [-0.2, -0.15) is 11.3 Å². The predicted molar refractivity (Wildman–Crippen MR) is 61.8 cm³/mol. The summed E-state index contributed by atoms with van der Waals surface area (Å²) < 4.78 is 0. The molecule has 14 heavy (non-hydrogen) atoms. The summed E-state index contributed by atoms with van der Waals surface area (Å²) in [5.74, 6) is 0. The smallest absolute Gasteiger partial charge is 0.0664 e. The number of aliphatic hydroxyl groups is 1. The normalized spacial score (nSPS) is 13.0. The van der Waals surface area contributed by atoms with Crippen LogP contribution in [0.4, 0.5) is 0 Å². The van der Waals surface area contributed by atoms with Crippen molar-refractivity contribution in [2.24, 2.45) is 0 Å². The SMILES string of the molecule is CCCC(O)CNCCc1ccsc1. The van der Waals surface area contributed by atoms with E-state index in [-0.39, 0.29) is 6.10 Å². The van der Waals surface area contributed by atoms with Crippen LogP contribution >= 0.6 is 11.3 Å². The lowest BCUT2D eigenvalue weighted by molar-refractivity contribution is 0.161. The van der Waals surface area contributed by atoms with Gasteiger partial charge in [-0.15, -0.1) is 0 Å². The topological polar surface area (TPSA) is 32.3 Å². The van der Waals surface area contributed by atoms with E-state index < -0.39 is 0 Å². The average Bonchev–Trinajstić information content (AvgIpc) is 2.65. The number of hydrogen-bond donors (Lipinski definition) is 2. The van der Waals surface area contributed by atoms with Crippen LogP contribution in [0.5, 0.6) is 0 Å². The number of thiophene rings is 1. The van der Waals surface area contributed by atoms with Crippen molar-refractivity contribution in [1.82, 2.24) is 5.32 Å². The van der Waals surface area contributed by atoms with E-state index in [4.69, 9.17) is 0 Å². The molecule has 0 aliphatic heterocycles. The van der Waals surface area contributed by atoms with Crippen LogP contribution in [-0.2, 0) is 6.42 Å². The molecule has 1 atom stereocenters. The van der Waals surface area contributed by atoms with Gasteiger partial charge >= 0.3 is 0 Å². The molecule has 1 unspecified atom stereocenters. The van der Waals surface area contributed by atoms with E-state index in [2.05, 4.69) is 29.1 Å². The Kier molecular flexibility index (Phi) is 5.83. The highest BCUT2D eigenvalue weighted by atomic mass is 32.1. The first kappa shape index (κ1) is 11.7. The molecule has 1 heterocycles. The van der Waals surface area contributed by atoms with E-state index >= 15 is 0 Å². The van der Waals surface area contributed by atoms with Gasteiger partial charge in [-0.05, 0) is 41.8 Å². The number of hydrogen-bond acceptors (Lipinski definition) is 3. The van der Waals surface area contributed by atoms with Crippen LogP contribution in [0.15, 0.2) is 16.8 Å². The molecule has 0 saturated heterocycles. The third-order valence-electron chi connectivity index (χ3n) is 2.17. The van der Waals surface area contributed by atoms with Crippen LogP contribution in [0, 0.1) is 0 Å². The van der Waals surface area contributed by atoms with Crippen molar-refractivity contribution in [3.05, 3.63) is 22.4 Å². The lowest BCUT2D eigenvalue weighted by Crippen LogP contribution is -2.28. The standard InChI is InChI=1S/C11H19NOS/c1-2-3-11(13)8-12-6-4-10-5-7-14-9-10/h5,7,9,11-13H,2-4,6,8H2,1H3. The van der Waals surface area contributed by atoms with Crippen LogP contribution in [0.1, 0.15) is 25.3 Å². The molecule has 2 nitrogen and oxygen atoms in total. The molecule has 0 amide bonds. The van der Waals surface area contributed by atoms with Crippen LogP contribution in [0.25, 0.3) is 0 Å². The zero-order chi connectivity index (χ0) is 10.2. The highest BCUT2D eigenvalue weighted by Crippen LogP contribution is 2.05. The van der Waals surface area contributed by atoms with Gasteiger partial charge in [0, 0.05) is 6.54 Å². The second-order valence-corrected chi connectivity index (χ2v) is 4.31. The molecule has 0 bridgehead atoms. The minimum atomic E-state index is -0.178. The second-order valence-electron chi connectivity index (χ2n) is 3.53. The molecule has 1 aromatic rings. The number of rotatable bonds is 7. The first-order valence-electron chi connectivity index (χ1n) is 5.22. The number of nitrogens with one attached hydrogen (secondary N) is 1. The fourth-order valence-electron chi connectivity index (χ4n) is 1.37. The lowest BCUT2D eigenvalue weighted by atomic mass is 10.2. The third kappa shape index (κ3) is 4.74. The molecule has 0 saturated carbocycles. The van der Waals surface area contributed by atoms with Gasteiger partial charge in [0.05, 0.1) is 6.10 Å². The van der Waals surface area contributed by atoms with Gasteiger partial charge in [0.25, 0.3) is 0 Å². The fraction of sp³-hybridized carbons (Fsp3) is 0.636. The highest BCUT2D eigenvalue weighted by molar-refractivity contribution is 7.07. The number of aliphatic hydroxyl groups excluding tert-OH is 1. The summed E-state index contributed by atoms with van der Waals surface area (Å²) in [5.41, 5.74) is 1.38. The molecule has 0 radical (unpaired) electrons. The molecule has 0 aliphatic carbocycles. The van der Waals surface area contributed by atoms with E-state index in [1.807, 2.05) is 0 Å². The highest BCUT2D eigenvalue weighted by Gasteiger charge is 2.00. The summed E-state index contributed by atoms with van der Waals surface area (Å²) in [6.07, 6.45) is 2.82. The van der Waals surface area contributed by atoms with Gasteiger partial charge in [-0.1, -0.05) is 13.3 Å². The van der Waals surface area contributed by atoms with Crippen LogP contribution in [0.2, 0.25) is 0 Å². The molecule has 0 fully saturated rings. The molecule has 1 aromatic heterocycles. The maximum absolute atomic E-state index is 9.45. The summed E-state index contributed by atoms with van der Waals surface area (Å²) in [5, 5.41) is 17.0. The quantitative estimate of drug-likeness (QED) is 0.679. The minimum absolute atomic E-state index is 0.178. The zero-order valence-electron chi connectivity index (χ0n) is 8.70. The Balaban J connectivity index is 1.99. The van der Waals surface area contributed by atoms with Gasteiger partial charge in [0.1, 0.15) is 0 Å². The van der Waals surface area contributed by atoms with Gasteiger partial charge in [0.2, 0.25) is 0 Å². The van der Waals surface area contributed by atoms with Crippen molar-refractivity contribution >= 4 is 11.3 Å². The Hall–Kier alpha value is -0.380. The Bertz CT molecular complexity index is 223. The van der Waals surface area contributed by atoms with Crippen molar-refractivity contribution in [3.8, 4) is 0 Å². The second kappa shape index (κ2) is 6.98. The van der Waals surface area contributed by atoms with Crippen LogP contribution in [0.3, 0.4) is 0 Å². The van der Waals surface area contributed by atoms with Crippen molar-refractivity contribution in [1.29, 1.82) is 0 Å². The van der Waals surface area contributed by atoms with Crippen LogP contribution in [-0.4, -0.2) is 24.3 Å². The van der Waals surface area contributed by atoms with Crippen molar-refractivity contribution < 1.29 is 5.11 Å². The van der Waals surface area contributed by atoms with E-state index in [9.17, 15) is 5.11 Å². The maximum atomic E-state index is 9.45. The molecule has 80 valence electrons. The monoisotopic (exact) mass is 213 g/mol. The fourth-order valence-corrected chi connectivity index (χ4v) is 2.07. The predicted octanol–water partition coefficient (Wildman–Crippen LogP) is 2.04. The minimum Gasteiger partial charge on any atom is -0.392 e. The van der Waals surface area contributed by atoms with E-state index in [1.165, 1.54) is 5.56 Å². The van der Waals surface area contributed by atoms with Crippen molar-refractivity contribution in [2.75, 3.05) is 13.1 Å². The van der Waals surface area contributed by atoms with Crippen molar-refractivity contribution in [2.45, 2.75) is 32.3 Å². The molecular formula is C11H19NOS. The molecule has 0 spiro atoms. The largest absolute Gasteiger partial charge is 0.392 e. The Morgan fingerprint density at radius 3 is 3.07 bits per heavy atom. The van der Waals surface area contributed by atoms with Gasteiger partial charge < -0.3 is 10.4 Å². The molecule has 0 aromatic carbocycles. The van der Waals surface area contributed by atoms with Gasteiger partial charge in [-0.3, -0.25) is 0 Å².